The van der Waals surface area contributed by atoms with E-state index in [1.165, 1.54) is 32.1 Å². The molecular formula is C17H22N4O. The Kier molecular flexibility index (Phi) is 4.83. The quantitative estimate of drug-likeness (QED) is 0.923. The van der Waals surface area contributed by atoms with Gasteiger partial charge in [-0.15, -0.1) is 5.10 Å². The average molecular weight is 298 g/mol. The molecule has 1 aromatic heterocycles. The Bertz CT molecular complexity index is 602. The van der Waals surface area contributed by atoms with Crippen LogP contribution >= 0.6 is 0 Å². The Morgan fingerprint density at radius 3 is 2.73 bits per heavy atom. The van der Waals surface area contributed by atoms with Gasteiger partial charge in [-0.25, -0.2) is 4.68 Å². The van der Waals surface area contributed by atoms with Gasteiger partial charge in [0, 0.05) is 6.54 Å². The van der Waals surface area contributed by atoms with Crippen LogP contribution in [0.2, 0.25) is 0 Å². The molecule has 22 heavy (non-hydrogen) atoms. The third-order valence-electron chi connectivity index (χ3n) is 4.31. The Hall–Kier alpha value is -2.17. The molecule has 3 rings (SSSR count). The number of rotatable bonds is 5. The zero-order valence-corrected chi connectivity index (χ0v) is 12.7. The van der Waals surface area contributed by atoms with Crippen LogP contribution in [-0.2, 0) is 0 Å². The van der Waals surface area contributed by atoms with E-state index in [1.54, 1.807) is 10.9 Å². The molecule has 1 aliphatic carbocycles. The van der Waals surface area contributed by atoms with E-state index in [0.717, 1.165) is 24.6 Å². The van der Waals surface area contributed by atoms with Gasteiger partial charge in [-0.1, -0.05) is 55.5 Å². The Morgan fingerprint density at radius 2 is 1.95 bits per heavy atom. The van der Waals surface area contributed by atoms with E-state index in [2.05, 4.69) is 15.6 Å². The zero-order valence-electron chi connectivity index (χ0n) is 12.7. The summed E-state index contributed by atoms with van der Waals surface area (Å²) in [5.74, 6) is 0.632. The first-order chi connectivity index (χ1) is 10.8. The van der Waals surface area contributed by atoms with E-state index in [9.17, 15) is 4.79 Å². The molecule has 1 aliphatic rings. The average Bonchev–Trinajstić information content (AvgIpc) is 3.07. The maximum absolute atomic E-state index is 12.1. The van der Waals surface area contributed by atoms with Crippen LogP contribution in [0.5, 0.6) is 0 Å². The summed E-state index contributed by atoms with van der Waals surface area (Å²) in [5.41, 5.74) is 1.27. The third kappa shape index (κ3) is 3.72. The number of hydrogen-bond donors (Lipinski definition) is 1. The van der Waals surface area contributed by atoms with Crippen molar-refractivity contribution in [1.29, 1.82) is 0 Å². The number of amides is 1. The van der Waals surface area contributed by atoms with Crippen molar-refractivity contribution in [3.8, 4) is 5.69 Å². The molecule has 0 unspecified atom stereocenters. The van der Waals surface area contributed by atoms with Gasteiger partial charge in [-0.2, -0.15) is 0 Å². The van der Waals surface area contributed by atoms with Gasteiger partial charge < -0.3 is 5.32 Å². The number of benzene rings is 1. The van der Waals surface area contributed by atoms with Gasteiger partial charge in [0.15, 0.2) is 5.69 Å². The standard InChI is InChI=1S/C17H22N4O/c22-17(18-12-11-14-7-3-1-4-8-14)16-13-21(20-19-16)15-9-5-2-6-10-15/h2,5-6,9-10,13-14H,1,3-4,7-8,11-12H2,(H,18,22). The second-order valence-corrected chi connectivity index (χ2v) is 5.93. The smallest absolute Gasteiger partial charge is 0.273 e. The molecule has 1 aromatic carbocycles. The summed E-state index contributed by atoms with van der Waals surface area (Å²) in [6.07, 6.45) is 9.39. The van der Waals surface area contributed by atoms with E-state index in [0.29, 0.717) is 5.69 Å². The highest BCUT2D eigenvalue weighted by Crippen LogP contribution is 2.25. The molecular weight excluding hydrogens is 276 g/mol. The Labute approximate surface area is 130 Å². The molecule has 0 saturated heterocycles. The molecule has 1 N–H and O–H groups in total. The van der Waals surface area contributed by atoms with Gasteiger partial charge in [-0.3, -0.25) is 4.79 Å². The minimum Gasteiger partial charge on any atom is -0.351 e. The number of para-hydroxylation sites is 1. The highest BCUT2D eigenvalue weighted by Gasteiger charge is 2.15. The van der Waals surface area contributed by atoms with Gasteiger partial charge in [0.05, 0.1) is 11.9 Å². The first-order valence-electron chi connectivity index (χ1n) is 8.09. The predicted octanol–water partition coefficient (Wildman–Crippen LogP) is 2.97. The summed E-state index contributed by atoms with van der Waals surface area (Å²) >= 11 is 0. The molecule has 1 fully saturated rings. The molecule has 0 spiro atoms. The summed E-state index contributed by atoms with van der Waals surface area (Å²) < 4.78 is 1.62. The lowest BCUT2D eigenvalue weighted by atomic mass is 9.87. The topological polar surface area (TPSA) is 59.8 Å². The molecule has 1 saturated carbocycles. The van der Waals surface area contributed by atoms with Gasteiger partial charge in [-0.05, 0) is 24.5 Å². The SMILES string of the molecule is O=C(NCCC1CCCCC1)c1cn(-c2ccccc2)nn1. The van der Waals surface area contributed by atoms with Crippen LogP contribution in [0.1, 0.15) is 49.0 Å². The van der Waals surface area contributed by atoms with E-state index in [4.69, 9.17) is 0 Å². The molecule has 0 radical (unpaired) electrons. The van der Waals surface area contributed by atoms with Crippen LogP contribution in [0.25, 0.3) is 5.69 Å². The second-order valence-electron chi connectivity index (χ2n) is 5.93. The molecule has 5 nitrogen and oxygen atoms in total. The molecule has 1 heterocycles. The number of nitrogens with one attached hydrogen (secondary N) is 1. The molecule has 1 amide bonds. The first kappa shape index (κ1) is 14.8. The van der Waals surface area contributed by atoms with Crippen molar-refractivity contribution < 1.29 is 4.79 Å². The highest BCUT2D eigenvalue weighted by molar-refractivity contribution is 5.91. The lowest BCUT2D eigenvalue weighted by Gasteiger charge is -2.21. The zero-order chi connectivity index (χ0) is 15.2. The van der Waals surface area contributed by atoms with E-state index < -0.39 is 0 Å². The maximum atomic E-state index is 12.1. The molecule has 0 aliphatic heterocycles. The monoisotopic (exact) mass is 298 g/mol. The van der Waals surface area contributed by atoms with Crippen LogP contribution in [0.4, 0.5) is 0 Å². The number of hydrogen-bond acceptors (Lipinski definition) is 3. The fourth-order valence-electron chi connectivity index (χ4n) is 3.03. The Morgan fingerprint density at radius 1 is 1.18 bits per heavy atom. The summed E-state index contributed by atoms with van der Waals surface area (Å²) in [5, 5.41) is 10.9. The van der Waals surface area contributed by atoms with Crippen molar-refractivity contribution in [3.63, 3.8) is 0 Å². The molecule has 116 valence electrons. The van der Waals surface area contributed by atoms with Crippen molar-refractivity contribution in [2.45, 2.75) is 38.5 Å². The van der Waals surface area contributed by atoms with Crippen LogP contribution in [-0.4, -0.2) is 27.4 Å². The lowest BCUT2D eigenvalue weighted by molar-refractivity contribution is 0.0945. The van der Waals surface area contributed by atoms with E-state index in [1.807, 2.05) is 30.3 Å². The lowest BCUT2D eigenvalue weighted by Crippen LogP contribution is -2.26. The number of carbonyl (C=O) groups excluding carboxylic acids is 1. The van der Waals surface area contributed by atoms with Gasteiger partial charge in [0.2, 0.25) is 0 Å². The second kappa shape index (κ2) is 7.20. The summed E-state index contributed by atoms with van der Waals surface area (Å²) in [4.78, 5) is 12.1. The van der Waals surface area contributed by atoms with E-state index >= 15 is 0 Å². The van der Waals surface area contributed by atoms with Crippen molar-refractivity contribution in [1.82, 2.24) is 20.3 Å². The number of aromatic nitrogens is 3. The molecule has 5 heteroatoms. The largest absolute Gasteiger partial charge is 0.351 e. The summed E-state index contributed by atoms with van der Waals surface area (Å²) in [6, 6.07) is 9.67. The number of nitrogens with zero attached hydrogens (tertiary/aromatic N) is 3. The van der Waals surface area contributed by atoms with Crippen LogP contribution in [0.3, 0.4) is 0 Å². The minimum atomic E-state index is -0.141. The van der Waals surface area contributed by atoms with Crippen molar-refractivity contribution in [2.24, 2.45) is 5.92 Å². The first-order valence-corrected chi connectivity index (χ1v) is 8.09. The normalized spacial score (nSPS) is 15.6. The predicted molar refractivity (Wildman–Crippen MR) is 84.9 cm³/mol. The summed E-state index contributed by atoms with van der Waals surface area (Å²) in [7, 11) is 0. The molecule has 2 aromatic rings. The fourth-order valence-corrected chi connectivity index (χ4v) is 3.03. The maximum Gasteiger partial charge on any atom is 0.273 e. The third-order valence-corrected chi connectivity index (χ3v) is 4.31. The van der Waals surface area contributed by atoms with Gasteiger partial charge in [0.25, 0.3) is 5.91 Å². The van der Waals surface area contributed by atoms with Crippen LogP contribution in [0, 0.1) is 5.92 Å². The Balaban J connectivity index is 1.51. The van der Waals surface area contributed by atoms with E-state index in [-0.39, 0.29) is 5.91 Å². The van der Waals surface area contributed by atoms with Crippen molar-refractivity contribution in [3.05, 3.63) is 42.2 Å². The molecule has 0 bridgehead atoms. The van der Waals surface area contributed by atoms with Crippen molar-refractivity contribution >= 4 is 5.91 Å². The molecule has 0 atom stereocenters. The van der Waals surface area contributed by atoms with Crippen LogP contribution in [0.15, 0.2) is 36.5 Å². The minimum absolute atomic E-state index is 0.141. The highest BCUT2D eigenvalue weighted by atomic mass is 16.2. The van der Waals surface area contributed by atoms with Gasteiger partial charge >= 0.3 is 0 Å². The fraction of sp³-hybridized carbons (Fsp3) is 0.471. The van der Waals surface area contributed by atoms with Gasteiger partial charge in [0.1, 0.15) is 0 Å². The summed E-state index contributed by atoms with van der Waals surface area (Å²) in [6.45, 7) is 0.724. The number of carbonyl (C=O) groups is 1. The van der Waals surface area contributed by atoms with Crippen molar-refractivity contribution in [2.75, 3.05) is 6.54 Å². The van der Waals surface area contributed by atoms with Crippen LogP contribution < -0.4 is 5.32 Å².